The second-order valence-electron chi connectivity index (χ2n) is 3.34. The van der Waals surface area contributed by atoms with Crippen LogP contribution >= 0.6 is 0 Å². The van der Waals surface area contributed by atoms with Gasteiger partial charge in [-0.2, -0.15) is 0 Å². The minimum absolute atomic E-state index is 0.330. The van der Waals surface area contributed by atoms with E-state index in [1.807, 2.05) is 0 Å². The number of nitrogen functional groups attached to an aromatic ring is 1. The molecule has 0 amide bonds. The molecule has 0 saturated heterocycles. The molecule has 1 aromatic carbocycles. The first-order valence-corrected chi connectivity index (χ1v) is 4.38. The van der Waals surface area contributed by atoms with Gasteiger partial charge in [-0.1, -0.05) is 12.1 Å². The number of benzene rings is 1. The molecule has 1 aromatic rings. The monoisotopic (exact) mass is 211 g/mol. The van der Waals surface area contributed by atoms with E-state index in [9.17, 15) is 9.90 Å². The van der Waals surface area contributed by atoms with Crippen LogP contribution in [0.25, 0.3) is 0 Å². The summed E-state index contributed by atoms with van der Waals surface area (Å²) < 4.78 is 0. The number of hydrogen-bond donors (Lipinski definition) is 4. The number of rotatable bonds is 3. The Bertz CT molecular complexity index is 378. The fraction of sp³-hybridized carbons (Fsp3) is 0.300. The molecule has 0 bridgehead atoms. The zero-order chi connectivity index (χ0) is 11.6. The molecule has 15 heavy (non-hydrogen) atoms. The molecule has 0 aliphatic carbocycles. The van der Waals surface area contributed by atoms with Crippen molar-refractivity contribution in [1.82, 2.24) is 0 Å². The Morgan fingerprint density at radius 2 is 2.00 bits per heavy atom. The van der Waals surface area contributed by atoms with Gasteiger partial charge in [0.2, 0.25) is 0 Å². The molecule has 0 fully saturated rings. The van der Waals surface area contributed by atoms with Gasteiger partial charge in [0.1, 0.15) is 6.10 Å². The van der Waals surface area contributed by atoms with E-state index in [-0.39, 0.29) is 0 Å². The molecule has 5 heteroatoms. The maximum absolute atomic E-state index is 10.4. The van der Waals surface area contributed by atoms with Crippen LogP contribution in [0.1, 0.15) is 17.2 Å². The van der Waals surface area contributed by atoms with Crippen LogP contribution in [-0.4, -0.2) is 27.4 Å². The van der Waals surface area contributed by atoms with E-state index in [0.717, 1.165) is 5.56 Å². The van der Waals surface area contributed by atoms with Gasteiger partial charge in [-0.25, -0.2) is 4.79 Å². The van der Waals surface area contributed by atoms with Crippen LogP contribution in [0, 0.1) is 6.92 Å². The molecule has 0 radical (unpaired) electrons. The Morgan fingerprint density at radius 3 is 2.47 bits per heavy atom. The number of anilines is 1. The Morgan fingerprint density at radius 1 is 1.40 bits per heavy atom. The summed E-state index contributed by atoms with van der Waals surface area (Å²) in [4.78, 5) is 10.4. The lowest BCUT2D eigenvalue weighted by Gasteiger charge is -2.15. The minimum Gasteiger partial charge on any atom is -0.479 e. The van der Waals surface area contributed by atoms with Crippen LogP contribution in [0.3, 0.4) is 0 Å². The SMILES string of the molecule is Cc1cc(C(O)C(O)C(=O)O)ccc1N. The fourth-order valence-corrected chi connectivity index (χ4v) is 1.20. The van der Waals surface area contributed by atoms with Gasteiger partial charge in [-0.3, -0.25) is 0 Å². The number of aliphatic hydroxyl groups excluding tert-OH is 2. The summed E-state index contributed by atoms with van der Waals surface area (Å²) in [6.07, 6.45) is -3.27. The van der Waals surface area contributed by atoms with E-state index in [1.54, 1.807) is 19.1 Å². The van der Waals surface area contributed by atoms with Crippen molar-refractivity contribution < 1.29 is 20.1 Å². The highest BCUT2D eigenvalue weighted by atomic mass is 16.4. The van der Waals surface area contributed by atoms with Gasteiger partial charge in [0.15, 0.2) is 6.10 Å². The third-order valence-corrected chi connectivity index (χ3v) is 2.19. The number of aryl methyl sites for hydroxylation is 1. The third-order valence-electron chi connectivity index (χ3n) is 2.19. The van der Waals surface area contributed by atoms with Crippen LogP contribution in [0.5, 0.6) is 0 Å². The molecule has 2 unspecified atom stereocenters. The smallest absolute Gasteiger partial charge is 0.335 e. The van der Waals surface area contributed by atoms with Gasteiger partial charge in [0, 0.05) is 5.69 Å². The number of carboxylic acid groups (broad SMARTS) is 1. The first-order valence-electron chi connectivity index (χ1n) is 4.38. The first-order chi connectivity index (χ1) is 6.93. The molecule has 0 aliphatic heterocycles. The average molecular weight is 211 g/mol. The lowest BCUT2D eigenvalue weighted by molar-refractivity contribution is -0.153. The number of nitrogens with two attached hydrogens (primary N) is 1. The molecule has 5 N–H and O–H groups in total. The highest BCUT2D eigenvalue weighted by molar-refractivity contribution is 5.73. The van der Waals surface area contributed by atoms with E-state index in [4.69, 9.17) is 15.9 Å². The van der Waals surface area contributed by atoms with Gasteiger partial charge < -0.3 is 21.1 Å². The number of carboxylic acids is 1. The number of aliphatic carboxylic acids is 1. The normalized spacial score (nSPS) is 14.6. The van der Waals surface area contributed by atoms with Crippen molar-refractivity contribution in [3.63, 3.8) is 0 Å². The predicted molar refractivity (Wildman–Crippen MR) is 54.2 cm³/mol. The van der Waals surface area contributed by atoms with Crippen molar-refractivity contribution in [2.45, 2.75) is 19.1 Å². The summed E-state index contributed by atoms with van der Waals surface area (Å²) in [5.74, 6) is -1.46. The summed E-state index contributed by atoms with van der Waals surface area (Å²) in [6, 6.07) is 4.59. The highest BCUT2D eigenvalue weighted by Gasteiger charge is 2.25. The molecule has 2 atom stereocenters. The van der Waals surface area contributed by atoms with Crippen LogP contribution in [-0.2, 0) is 4.79 Å². The Hall–Kier alpha value is -1.59. The first kappa shape index (κ1) is 11.5. The zero-order valence-electron chi connectivity index (χ0n) is 8.21. The lowest BCUT2D eigenvalue weighted by Crippen LogP contribution is -2.27. The van der Waals surface area contributed by atoms with Crippen molar-refractivity contribution in [2.24, 2.45) is 0 Å². The maximum Gasteiger partial charge on any atom is 0.335 e. The molecule has 0 heterocycles. The molecule has 0 saturated carbocycles. The fourth-order valence-electron chi connectivity index (χ4n) is 1.20. The summed E-state index contributed by atoms with van der Waals surface area (Å²) >= 11 is 0. The molecule has 1 rings (SSSR count). The number of carbonyl (C=O) groups is 1. The zero-order valence-corrected chi connectivity index (χ0v) is 8.21. The lowest BCUT2D eigenvalue weighted by atomic mass is 10.0. The molecule has 5 nitrogen and oxygen atoms in total. The van der Waals surface area contributed by atoms with Crippen molar-refractivity contribution >= 4 is 11.7 Å². The largest absolute Gasteiger partial charge is 0.479 e. The topological polar surface area (TPSA) is 104 Å². The summed E-state index contributed by atoms with van der Waals surface area (Å²) in [5.41, 5.74) is 7.17. The van der Waals surface area contributed by atoms with Gasteiger partial charge in [-0.05, 0) is 24.1 Å². The van der Waals surface area contributed by atoms with E-state index in [0.29, 0.717) is 11.3 Å². The summed E-state index contributed by atoms with van der Waals surface area (Å²) in [6.45, 7) is 1.73. The summed E-state index contributed by atoms with van der Waals surface area (Å²) in [5, 5.41) is 27.1. The van der Waals surface area contributed by atoms with Gasteiger partial charge in [0.05, 0.1) is 0 Å². The van der Waals surface area contributed by atoms with E-state index >= 15 is 0 Å². The van der Waals surface area contributed by atoms with E-state index in [2.05, 4.69) is 0 Å². The van der Waals surface area contributed by atoms with Crippen molar-refractivity contribution in [2.75, 3.05) is 5.73 Å². The second-order valence-corrected chi connectivity index (χ2v) is 3.34. The van der Waals surface area contributed by atoms with Crippen molar-refractivity contribution in [3.8, 4) is 0 Å². The minimum atomic E-state index is -1.83. The van der Waals surface area contributed by atoms with Gasteiger partial charge in [0.25, 0.3) is 0 Å². The van der Waals surface area contributed by atoms with Crippen molar-refractivity contribution in [3.05, 3.63) is 29.3 Å². The van der Waals surface area contributed by atoms with Crippen LogP contribution in [0.4, 0.5) is 5.69 Å². The Balaban J connectivity index is 2.96. The highest BCUT2D eigenvalue weighted by Crippen LogP contribution is 2.21. The molecule has 82 valence electrons. The van der Waals surface area contributed by atoms with Crippen molar-refractivity contribution in [1.29, 1.82) is 0 Å². The predicted octanol–water partition coefficient (Wildman–Crippen LogP) is 0.0561. The number of hydrogen-bond acceptors (Lipinski definition) is 4. The Labute approximate surface area is 86.8 Å². The maximum atomic E-state index is 10.4. The molecule has 0 aliphatic rings. The average Bonchev–Trinajstić information content (AvgIpc) is 2.19. The molecule has 0 spiro atoms. The summed E-state index contributed by atoms with van der Waals surface area (Å²) in [7, 11) is 0. The van der Waals surface area contributed by atoms with Crippen LogP contribution in [0.2, 0.25) is 0 Å². The van der Waals surface area contributed by atoms with E-state index < -0.39 is 18.2 Å². The third kappa shape index (κ3) is 2.45. The standard InChI is InChI=1S/C10H13NO4/c1-5-4-6(2-3-7(5)11)8(12)9(13)10(14)15/h2-4,8-9,12-13H,11H2,1H3,(H,14,15). The molecular weight excluding hydrogens is 198 g/mol. The second kappa shape index (κ2) is 4.29. The molecule has 0 aromatic heterocycles. The van der Waals surface area contributed by atoms with Gasteiger partial charge in [-0.15, -0.1) is 0 Å². The van der Waals surface area contributed by atoms with Crippen LogP contribution in [0.15, 0.2) is 18.2 Å². The van der Waals surface area contributed by atoms with Gasteiger partial charge >= 0.3 is 5.97 Å². The quantitative estimate of drug-likeness (QED) is 0.529. The Kier molecular flexibility index (Phi) is 3.28. The van der Waals surface area contributed by atoms with E-state index in [1.165, 1.54) is 6.07 Å². The van der Waals surface area contributed by atoms with Crippen LogP contribution < -0.4 is 5.73 Å². The number of aliphatic hydroxyl groups is 2. The molecular formula is C10H13NO4.